The van der Waals surface area contributed by atoms with Crippen LogP contribution in [0.25, 0.3) is 0 Å². The maximum atomic E-state index is 10.8. The summed E-state index contributed by atoms with van der Waals surface area (Å²) in [6, 6.07) is 7.99. The Balaban J connectivity index is 2.24. The van der Waals surface area contributed by atoms with Crippen molar-refractivity contribution >= 4 is 6.09 Å². The molecule has 1 rings (SSSR count). The van der Waals surface area contributed by atoms with E-state index in [9.17, 15) is 4.79 Å². The van der Waals surface area contributed by atoms with Crippen LogP contribution in [0.1, 0.15) is 18.4 Å². The molecule has 94 valence electrons. The molecule has 0 saturated carbocycles. The monoisotopic (exact) mass is 237 g/mol. The molecular weight excluding hydrogens is 218 g/mol. The highest BCUT2D eigenvalue weighted by atomic mass is 16.5. The minimum absolute atomic E-state index is 0.373. The molecule has 0 aliphatic heterocycles. The molecule has 0 atom stereocenters. The fraction of sp³-hybridized carbons (Fsp3) is 0.462. The third-order valence-electron chi connectivity index (χ3n) is 2.52. The Bertz CT molecular complexity index is 352. The Morgan fingerprint density at radius 3 is 2.71 bits per heavy atom. The molecule has 1 aromatic rings. The SMILES string of the molecule is COC(=O)NCCCCc1ccccc1OC. The molecule has 1 N–H and O–H groups in total. The topological polar surface area (TPSA) is 47.6 Å². The van der Waals surface area contributed by atoms with Gasteiger partial charge in [-0.2, -0.15) is 0 Å². The number of ether oxygens (including phenoxy) is 2. The molecule has 0 aliphatic rings. The number of methoxy groups -OCH3 is 2. The van der Waals surface area contributed by atoms with Gasteiger partial charge in [0.15, 0.2) is 0 Å². The molecule has 0 heterocycles. The molecule has 1 aromatic carbocycles. The predicted molar refractivity (Wildman–Crippen MR) is 66.3 cm³/mol. The van der Waals surface area contributed by atoms with E-state index in [4.69, 9.17) is 4.74 Å². The minimum atomic E-state index is -0.373. The van der Waals surface area contributed by atoms with Crippen LogP contribution in [-0.4, -0.2) is 26.9 Å². The summed E-state index contributed by atoms with van der Waals surface area (Å²) in [6.45, 7) is 0.641. The zero-order valence-corrected chi connectivity index (χ0v) is 10.4. The lowest BCUT2D eigenvalue weighted by molar-refractivity contribution is 0.171. The van der Waals surface area contributed by atoms with Crippen molar-refractivity contribution in [1.29, 1.82) is 0 Å². The lowest BCUT2D eigenvalue weighted by Gasteiger charge is -2.08. The van der Waals surface area contributed by atoms with E-state index in [-0.39, 0.29) is 6.09 Å². The molecule has 4 heteroatoms. The third kappa shape index (κ3) is 4.76. The fourth-order valence-electron chi connectivity index (χ4n) is 1.61. The van der Waals surface area contributed by atoms with Gasteiger partial charge in [-0.1, -0.05) is 18.2 Å². The Morgan fingerprint density at radius 1 is 1.24 bits per heavy atom. The first-order chi connectivity index (χ1) is 8.27. The number of aryl methyl sites for hydroxylation is 1. The molecule has 0 spiro atoms. The Labute approximate surface area is 102 Å². The summed E-state index contributed by atoms with van der Waals surface area (Å²) in [5, 5.41) is 2.65. The van der Waals surface area contributed by atoms with Gasteiger partial charge in [-0.25, -0.2) is 4.79 Å². The van der Waals surface area contributed by atoms with Crippen molar-refractivity contribution in [1.82, 2.24) is 5.32 Å². The molecule has 1 amide bonds. The first-order valence-electron chi connectivity index (χ1n) is 5.71. The maximum Gasteiger partial charge on any atom is 0.406 e. The van der Waals surface area contributed by atoms with Crippen molar-refractivity contribution in [2.75, 3.05) is 20.8 Å². The van der Waals surface area contributed by atoms with Crippen molar-refractivity contribution in [2.45, 2.75) is 19.3 Å². The van der Waals surface area contributed by atoms with E-state index in [0.29, 0.717) is 6.54 Å². The van der Waals surface area contributed by atoms with E-state index >= 15 is 0 Å². The maximum absolute atomic E-state index is 10.8. The molecule has 0 saturated heterocycles. The number of alkyl carbamates (subject to hydrolysis) is 1. The third-order valence-corrected chi connectivity index (χ3v) is 2.52. The Morgan fingerprint density at radius 2 is 2.00 bits per heavy atom. The van der Waals surface area contributed by atoms with E-state index in [2.05, 4.69) is 16.1 Å². The number of carbonyl (C=O) groups is 1. The number of hydrogen-bond acceptors (Lipinski definition) is 3. The summed E-state index contributed by atoms with van der Waals surface area (Å²) < 4.78 is 9.75. The zero-order valence-electron chi connectivity index (χ0n) is 10.4. The second kappa shape index (κ2) is 7.54. The van der Waals surface area contributed by atoms with Crippen LogP contribution >= 0.6 is 0 Å². The number of hydrogen-bond donors (Lipinski definition) is 1. The van der Waals surface area contributed by atoms with Crippen molar-refractivity contribution < 1.29 is 14.3 Å². The largest absolute Gasteiger partial charge is 0.496 e. The van der Waals surface area contributed by atoms with Crippen LogP contribution in [0, 0.1) is 0 Å². The van der Waals surface area contributed by atoms with Crippen molar-refractivity contribution in [3.8, 4) is 5.75 Å². The van der Waals surface area contributed by atoms with Crippen LogP contribution < -0.4 is 10.1 Å². The molecular formula is C13H19NO3. The van der Waals surface area contributed by atoms with Crippen molar-refractivity contribution in [3.05, 3.63) is 29.8 Å². The number of benzene rings is 1. The van der Waals surface area contributed by atoms with E-state index in [1.807, 2.05) is 18.2 Å². The molecule has 0 aromatic heterocycles. The summed E-state index contributed by atoms with van der Waals surface area (Å²) in [7, 11) is 3.04. The molecule has 0 radical (unpaired) electrons. The van der Waals surface area contributed by atoms with Gasteiger partial charge >= 0.3 is 6.09 Å². The number of para-hydroxylation sites is 1. The first-order valence-corrected chi connectivity index (χ1v) is 5.71. The normalized spacial score (nSPS) is 9.76. The van der Waals surface area contributed by atoms with E-state index in [1.165, 1.54) is 12.7 Å². The lowest BCUT2D eigenvalue weighted by atomic mass is 10.1. The molecule has 4 nitrogen and oxygen atoms in total. The highest BCUT2D eigenvalue weighted by Crippen LogP contribution is 2.19. The van der Waals surface area contributed by atoms with E-state index in [1.54, 1.807) is 7.11 Å². The summed E-state index contributed by atoms with van der Waals surface area (Å²) in [5.41, 5.74) is 1.20. The molecule has 0 bridgehead atoms. The number of amides is 1. The van der Waals surface area contributed by atoms with Crippen LogP contribution in [0.2, 0.25) is 0 Å². The van der Waals surface area contributed by atoms with Gasteiger partial charge in [0.2, 0.25) is 0 Å². The number of unbranched alkanes of at least 4 members (excludes halogenated alkanes) is 1. The average molecular weight is 237 g/mol. The van der Waals surface area contributed by atoms with Crippen molar-refractivity contribution in [3.63, 3.8) is 0 Å². The first kappa shape index (κ1) is 13.4. The van der Waals surface area contributed by atoms with Crippen LogP contribution in [0.5, 0.6) is 5.75 Å². The number of nitrogens with one attached hydrogen (secondary N) is 1. The second-order valence-corrected chi connectivity index (χ2v) is 3.69. The van der Waals surface area contributed by atoms with Gasteiger partial charge in [-0.15, -0.1) is 0 Å². The summed E-state index contributed by atoms with van der Waals surface area (Å²) >= 11 is 0. The smallest absolute Gasteiger partial charge is 0.406 e. The fourth-order valence-corrected chi connectivity index (χ4v) is 1.61. The van der Waals surface area contributed by atoms with Gasteiger partial charge in [0.1, 0.15) is 5.75 Å². The summed E-state index contributed by atoms with van der Waals surface area (Å²) in [5.74, 6) is 0.924. The minimum Gasteiger partial charge on any atom is -0.496 e. The van der Waals surface area contributed by atoms with Gasteiger partial charge in [0.25, 0.3) is 0 Å². The molecule has 17 heavy (non-hydrogen) atoms. The quantitative estimate of drug-likeness (QED) is 0.773. The van der Waals surface area contributed by atoms with Gasteiger partial charge < -0.3 is 14.8 Å². The van der Waals surface area contributed by atoms with Gasteiger partial charge in [-0.05, 0) is 30.9 Å². The van der Waals surface area contributed by atoms with E-state index in [0.717, 1.165) is 25.0 Å². The second-order valence-electron chi connectivity index (χ2n) is 3.69. The standard InChI is InChI=1S/C13H19NO3/c1-16-12-9-4-3-7-11(12)8-5-6-10-14-13(15)17-2/h3-4,7,9H,5-6,8,10H2,1-2H3,(H,14,15). The highest BCUT2D eigenvalue weighted by Gasteiger charge is 2.01. The number of carbonyl (C=O) groups excluding carboxylic acids is 1. The molecule has 0 unspecified atom stereocenters. The van der Waals surface area contributed by atoms with Crippen LogP contribution in [0.15, 0.2) is 24.3 Å². The average Bonchev–Trinajstić information content (AvgIpc) is 2.38. The summed E-state index contributed by atoms with van der Waals surface area (Å²) in [4.78, 5) is 10.8. The Kier molecular flexibility index (Phi) is 5.93. The Hall–Kier alpha value is -1.71. The molecule has 0 fully saturated rings. The van der Waals surface area contributed by atoms with Crippen LogP contribution in [0.4, 0.5) is 4.79 Å². The molecule has 0 aliphatic carbocycles. The van der Waals surface area contributed by atoms with Crippen LogP contribution in [-0.2, 0) is 11.2 Å². The van der Waals surface area contributed by atoms with Gasteiger partial charge in [0, 0.05) is 6.54 Å². The summed E-state index contributed by atoms with van der Waals surface area (Å²) in [6.07, 6.45) is 2.51. The number of rotatable bonds is 6. The highest BCUT2D eigenvalue weighted by molar-refractivity contribution is 5.66. The predicted octanol–water partition coefficient (Wildman–Crippen LogP) is 2.37. The zero-order chi connectivity index (χ0) is 12.5. The van der Waals surface area contributed by atoms with Crippen molar-refractivity contribution in [2.24, 2.45) is 0 Å². The van der Waals surface area contributed by atoms with E-state index < -0.39 is 0 Å². The van der Waals surface area contributed by atoms with Gasteiger partial charge in [0.05, 0.1) is 14.2 Å². The van der Waals surface area contributed by atoms with Crippen LogP contribution in [0.3, 0.4) is 0 Å². The lowest BCUT2D eigenvalue weighted by Crippen LogP contribution is -2.23. The van der Waals surface area contributed by atoms with Gasteiger partial charge in [-0.3, -0.25) is 0 Å².